The van der Waals surface area contributed by atoms with E-state index < -0.39 is 0 Å². The summed E-state index contributed by atoms with van der Waals surface area (Å²) in [5.41, 5.74) is 1.88. The van der Waals surface area contributed by atoms with Gasteiger partial charge in [0.25, 0.3) is 0 Å². The molecule has 0 aliphatic heterocycles. The second kappa shape index (κ2) is 6.86. The van der Waals surface area contributed by atoms with Gasteiger partial charge >= 0.3 is 0 Å². The van der Waals surface area contributed by atoms with E-state index in [1.807, 2.05) is 37.4 Å². The summed E-state index contributed by atoms with van der Waals surface area (Å²) in [5, 5.41) is 3.19. The Labute approximate surface area is 127 Å². The summed E-state index contributed by atoms with van der Waals surface area (Å²) in [7, 11) is 1.91. The van der Waals surface area contributed by atoms with E-state index in [4.69, 9.17) is 4.74 Å². The monoisotopic (exact) mass is 337 g/mol. The number of hydrogen-bond acceptors (Lipinski definition) is 2. The minimum atomic E-state index is -0.269. The molecule has 0 aromatic heterocycles. The molecule has 20 heavy (non-hydrogen) atoms. The molecule has 1 N–H and O–H groups in total. The van der Waals surface area contributed by atoms with Gasteiger partial charge in [-0.15, -0.1) is 0 Å². The highest BCUT2D eigenvalue weighted by molar-refractivity contribution is 9.10. The number of rotatable bonds is 5. The number of halogens is 2. The maximum absolute atomic E-state index is 13.3. The van der Waals surface area contributed by atoms with E-state index in [-0.39, 0.29) is 11.9 Å². The Morgan fingerprint density at radius 3 is 2.70 bits per heavy atom. The number of hydrogen-bond donors (Lipinski definition) is 1. The van der Waals surface area contributed by atoms with Gasteiger partial charge in [-0.1, -0.05) is 34.1 Å². The van der Waals surface area contributed by atoms with Crippen LogP contribution in [-0.2, 0) is 6.61 Å². The summed E-state index contributed by atoms with van der Waals surface area (Å²) >= 11 is 3.28. The van der Waals surface area contributed by atoms with Crippen molar-refractivity contribution in [3.63, 3.8) is 0 Å². The van der Waals surface area contributed by atoms with Gasteiger partial charge in [0.2, 0.25) is 0 Å². The molecule has 2 nitrogen and oxygen atoms in total. The lowest BCUT2D eigenvalue weighted by Gasteiger charge is -2.16. The van der Waals surface area contributed by atoms with Gasteiger partial charge in [-0.3, -0.25) is 0 Å². The lowest BCUT2D eigenvalue weighted by molar-refractivity contribution is 0.299. The summed E-state index contributed by atoms with van der Waals surface area (Å²) in [6, 6.07) is 12.8. The molecule has 1 atom stereocenters. The molecule has 0 fully saturated rings. The Morgan fingerprint density at radius 1 is 1.25 bits per heavy atom. The molecule has 0 saturated heterocycles. The second-order valence-electron chi connectivity index (χ2n) is 4.61. The van der Waals surface area contributed by atoms with Gasteiger partial charge in [-0.2, -0.15) is 0 Å². The van der Waals surface area contributed by atoms with Crippen LogP contribution in [0.5, 0.6) is 5.75 Å². The summed E-state index contributed by atoms with van der Waals surface area (Å²) in [4.78, 5) is 0. The molecule has 0 bridgehead atoms. The zero-order valence-corrected chi connectivity index (χ0v) is 13.1. The van der Waals surface area contributed by atoms with Crippen molar-refractivity contribution in [3.05, 3.63) is 63.9 Å². The van der Waals surface area contributed by atoms with Crippen LogP contribution in [0, 0.1) is 5.82 Å². The standard InChI is InChI=1S/C16H17BrFNO/c1-11(19-2)15-5-3-4-6-16(15)20-10-12-7-13(17)9-14(18)8-12/h3-9,11,19H,10H2,1-2H3. The zero-order chi connectivity index (χ0) is 14.5. The van der Waals surface area contributed by atoms with Gasteiger partial charge in [0.05, 0.1) is 0 Å². The van der Waals surface area contributed by atoms with Crippen molar-refractivity contribution < 1.29 is 9.13 Å². The van der Waals surface area contributed by atoms with Crippen LogP contribution in [0.15, 0.2) is 46.9 Å². The molecule has 0 spiro atoms. The van der Waals surface area contributed by atoms with Gasteiger partial charge in [0.1, 0.15) is 18.2 Å². The smallest absolute Gasteiger partial charge is 0.124 e. The minimum absolute atomic E-state index is 0.199. The topological polar surface area (TPSA) is 21.3 Å². The number of ether oxygens (including phenoxy) is 1. The highest BCUT2D eigenvalue weighted by atomic mass is 79.9. The van der Waals surface area contributed by atoms with E-state index in [0.717, 1.165) is 16.9 Å². The molecule has 0 saturated carbocycles. The van der Waals surface area contributed by atoms with Gasteiger partial charge in [-0.05, 0) is 43.8 Å². The SMILES string of the molecule is CNC(C)c1ccccc1OCc1cc(F)cc(Br)c1. The van der Waals surface area contributed by atoms with E-state index in [0.29, 0.717) is 11.1 Å². The number of para-hydroxylation sites is 1. The Hall–Kier alpha value is -1.39. The molecule has 2 rings (SSSR count). The van der Waals surface area contributed by atoms with Crippen molar-refractivity contribution in [2.75, 3.05) is 7.05 Å². The normalized spacial score (nSPS) is 12.2. The fourth-order valence-electron chi connectivity index (χ4n) is 1.98. The van der Waals surface area contributed by atoms with Crippen molar-refractivity contribution in [3.8, 4) is 5.75 Å². The fourth-order valence-corrected chi connectivity index (χ4v) is 2.49. The van der Waals surface area contributed by atoms with Crippen LogP contribution in [0.2, 0.25) is 0 Å². The summed E-state index contributed by atoms with van der Waals surface area (Å²) in [6.45, 7) is 2.41. The Bertz CT molecular complexity index is 568. The minimum Gasteiger partial charge on any atom is -0.489 e. The van der Waals surface area contributed by atoms with Crippen molar-refractivity contribution >= 4 is 15.9 Å². The molecule has 2 aromatic rings. The van der Waals surface area contributed by atoms with Crippen LogP contribution in [0.4, 0.5) is 4.39 Å². The molecule has 106 valence electrons. The van der Waals surface area contributed by atoms with Crippen molar-refractivity contribution in [2.45, 2.75) is 19.6 Å². The van der Waals surface area contributed by atoms with Crippen LogP contribution in [0.25, 0.3) is 0 Å². The number of benzene rings is 2. The molecule has 0 aliphatic carbocycles. The largest absolute Gasteiger partial charge is 0.489 e. The predicted octanol–water partition coefficient (Wildman–Crippen LogP) is 4.45. The van der Waals surface area contributed by atoms with E-state index in [2.05, 4.69) is 28.2 Å². The van der Waals surface area contributed by atoms with Gasteiger partial charge < -0.3 is 10.1 Å². The maximum Gasteiger partial charge on any atom is 0.124 e. The van der Waals surface area contributed by atoms with Crippen LogP contribution in [0.3, 0.4) is 0 Å². The van der Waals surface area contributed by atoms with Gasteiger partial charge in [0, 0.05) is 16.1 Å². The Kier molecular flexibility index (Phi) is 5.15. The average Bonchev–Trinajstić information content (AvgIpc) is 2.43. The first-order chi connectivity index (χ1) is 9.60. The molecule has 1 unspecified atom stereocenters. The quantitative estimate of drug-likeness (QED) is 0.870. The fraction of sp³-hybridized carbons (Fsp3) is 0.250. The van der Waals surface area contributed by atoms with Crippen LogP contribution in [-0.4, -0.2) is 7.05 Å². The first kappa shape index (κ1) is 15.0. The van der Waals surface area contributed by atoms with E-state index in [1.54, 1.807) is 0 Å². The molecule has 2 aromatic carbocycles. The Morgan fingerprint density at radius 2 is 2.00 bits per heavy atom. The molecular formula is C16H17BrFNO. The summed E-state index contributed by atoms with van der Waals surface area (Å²) in [6.07, 6.45) is 0. The highest BCUT2D eigenvalue weighted by Gasteiger charge is 2.09. The first-order valence-electron chi connectivity index (χ1n) is 6.44. The van der Waals surface area contributed by atoms with Crippen LogP contribution < -0.4 is 10.1 Å². The van der Waals surface area contributed by atoms with Crippen LogP contribution >= 0.6 is 15.9 Å². The molecule has 4 heteroatoms. The molecule has 0 heterocycles. The molecular weight excluding hydrogens is 321 g/mol. The first-order valence-corrected chi connectivity index (χ1v) is 7.23. The third-order valence-electron chi connectivity index (χ3n) is 3.14. The lowest BCUT2D eigenvalue weighted by Crippen LogP contribution is -2.13. The van der Waals surface area contributed by atoms with Gasteiger partial charge in [-0.25, -0.2) is 4.39 Å². The lowest BCUT2D eigenvalue weighted by atomic mass is 10.1. The zero-order valence-electron chi connectivity index (χ0n) is 11.5. The molecule has 0 aliphatic rings. The average molecular weight is 338 g/mol. The van der Waals surface area contributed by atoms with E-state index in [1.165, 1.54) is 12.1 Å². The highest BCUT2D eigenvalue weighted by Crippen LogP contribution is 2.25. The predicted molar refractivity (Wildman–Crippen MR) is 82.3 cm³/mol. The van der Waals surface area contributed by atoms with Crippen molar-refractivity contribution in [1.29, 1.82) is 0 Å². The van der Waals surface area contributed by atoms with Crippen molar-refractivity contribution in [2.24, 2.45) is 0 Å². The van der Waals surface area contributed by atoms with Crippen molar-refractivity contribution in [1.82, 2.24) is 5.32 Å². The molecule has 0 radical (unpaired) electrons. The van der Waals surface area contributed by atoms with Crippen LogP contribution in [0.1, 0.15) is 24.1 Å². The van der Waals surface area contributed by atoms with E-state index >= 15 is 0 Å². The van der Waals surface area contributed by atoms with Gasteiger partial charge in [0.15, 0.2) is 0 Å². The third-order valence-corrected chi connectivity index (χ3v) is 3.59. The second-order valence-corrected chi connectivity index (χ2v) is 5.53. The third kappa shape index (κ3) is 3.81. The van der Waals surface area contributed by atoms with E-state index in [9.17, 15) is 4.39 Å². The molecule has 0 amide bonds. The maximum atomic E-state index is 13.3. The summed E-state index contributed by atoms with van der Waals surface area (Å²) < 4.78 is 19.9. The summed E-state index contributed by atoms with van der Waals surface area (Å²) in [5.74, 6) is 0.546. The number of nitrogens with one attached hydrogen (secondary N) is 1. The Balaban J connectivity index is 2.14.